The lowest BCUT2D eigenvalue weighted by Gasteiger charge is -2.38. The average molecular weight is 516 g/mol. The molecule has 2 amide bonds. The van der Waals surface area contributed by atoms with Crippen molar-refractivity contribution in [3.05, 3.63) is 54.1 Å². The number of para-hydroxylation sites is 1. The smallest absolute Gasteiger partial charge is 0.258 e. The molecule has 1 fully saturated rings. The Morgan fingerprint density at radius 2 is 1.89 bits per heavy atom. The molecule has 2 aromatic carbocycles. The van der Waals surface area contributed by atoms with Crippen LogP contribution in [0.15, 0.2) is 53.4 Å². The molecule has 10 heteroatoms. The summed E-state index contributed by atoms with van der Waals surface area (Å²) in [7, 11) is -2.28. The number of fused-ring (bicyclic) bond motifs is 1. The summed E-state index contributed by atoms with van der Waals surface area (Å²) in [5.74, 6) is -0.557. The number of hydrogen-bond acceptors (Lipinski definition) is 6. The Kier molecular flexibility index (Phi) is 7.67. The molecule has 1 saturated carbocycles. The minimum atomic E-state index is -3.77. The molecule has 3 atom stereocenters. The molecule has 4 rings (SSSR count). The van der Waals surface area contributed by atoms with Crippen LogP contribution in [0.4, 0.5) is 5.69 Å². The van der Waals surface area contributed by atoms with Gasteiger partial charge in [-0.15, -0.1) is 0 Å². The first-order valence-electron chi connectivity index (χ1n) is 12.2. The largest absolute Gasteiger partial charge is 0.486 e. The van der Waals surface area contributed by atoms with E-state index >= 15 is 0 Å². The molecule has 0 spiro atoms. The summed E-state index contributed by atoms with van der Waals surface area (Å²) in [5.41, 5.74) is 0.636. The van der Waals surface area contributed by atoms with Gasteiger partial charge in [0.15, 0.2) is 5.75 Å². The van der Waals surface area contributed by atoms with Crippen molar-refractivity contribution in [2.75, 3.05) is 32.1 Å². The maximum absolute atomic E-state index is 13.5. The van der Waals surface area contributed by atoms with Crippen LogP contribution in [0.1, 0.15) is 37.0 Å². The molecule has 0 bridgehead atoms. The van der Waals surface area contributed by atoms with Crippen molar-refractivity contribution in [2.24, 2.45) is 11.8 Å². The van der Waals surface area contributed by atoms with E-state index in [1.54, 1.807) is 60.4 Å². The Morgan fingerprint density at radius 3 is 2.53 bits per heavy atom. The van der Waals surface area contributed by atoms with Gasteiger partial charge in [-0.05, 0) is 44.0 Å². The minimum absolute atomic E-state index is 0.0261. The number of amides is 2. The number of aliphatic hydroxyl groups is 1. The Morgan fingerprint density at radius 1 is 1.19 bits per heavy atom. The number of aliphatic hydroxyl groups excluding tert-OH is 1. The summed E-state index contributed by atoms with van der Waals surface area (Å²) in [6.07, 6.45) is 1.02. The summed E-state index contributed by atoms with van der Waals surface area (Å²) < 4.78 is 34.0. The van der Waals surface area contributed by atoms with E-state index in [4.69, 9.17) is 4.74 Å². The van der Waals surface area contributed by atoms with Gasteiger partial charge in [-0.1, -0.05) is 31.2 Å². The van der Waals surface area contributed by atoms with Crippen LogP contribution in [0.3, 0.4) is 0 Å². The first kappa shape index (κ1) is 26.1. The number of rotatable bonds is 8. The van der Waals surface area contributed by atoms with Crippen LogP contribution in [-0.2, 0) is 14.8 Å². The summed E-state index contributed by atoms with van der Waals surface area (Å²) in [5, 5.41) is 12.7. The van der Waals surface area contributed by atoms with Gasteiger partial charge in [-0.3, -0.25) is 9.59 Å². The maximum atomic E-state index is 13.5. The van der Waals surface area contributed by atoms with Gasteiger partial charge in [-0.2, -0.15) is 4.31 Å². The van der Waals surface area contributed by atoms with E-state index in [-0.39, 0.29) is 59.6 Å². The second-order valence-electron chi connectivity index (χ2n) is 9.67. The van der Waals surface area contributed by atoms with Crippen molar-refractivity contribution in [2.45, 2.75) is 43.7 Å². The van der Waals surface area contributed by atoms with Crippen molar-refractivity contribution in [3.63, 3.8) is 0 Å². The van der Waals surface area contributed by atoms with Gasteiger partial charge in [-0.25, -0.2) is 8.42 Å². The van der Waals surface area contributed by atoms with E-state index in [1.807, 2.05) is 6.92 Å². The number of carbonyl (C=O) groups is 2. The monoisotopic (exact) mass is 515 g/mol. The van der Waals surface area contributed by atoms with E-state index in [1.165, 1.54) is 11.4 Å². The molecular formula is C26H33N3O6S. The van der Waals surface area contributed by atoms with Crippen LogP contribution in [0.25, 0.3) is 0 Å². The van der Waals surface area contributed by atoms with Gasteiger partial charge in [0.25, 0.3) is 5.91 Å². The molecule has 2 N–H and O–H groups in total. The van der Waals surface area contributed by atoms with Crippen LogP contribution < -0.4 is 10.1 Å². The quantitative estimate of drug-likeness (QED) is 0.558. The zero-order chi connectivity index (χ0) is 26.0. The third kappa shape index (κ3) is 5.40. The van der Waals surface area contributed by atoms with Crippen molar-refractivity contribution in [3.8, 4) is 5.75 Å². The van der Waals surface area contributed by atoms with E-state index in [2.05, 4.69) is 5.32 Å². The van der Waals surface area contributed by atoms with E-state index < -0.39 is 22.2 Å². The number of nitrogens with zero attached hydrogens (tertiary/aromatic N) is 2. The van der Waals surface area contributed by atoms with Crippen molar-refractivity contribution >= 4 is 27.5 Å². The number of sulfonamides is 1. The summed E-state index contributed by atoms with van der Waals surface area (Å²) in [4.78, 5) is 27.8. The highest BCUT2D eigenvalue weighted by atomic mass is 32.2. The third-order valence-electron chi connectivity index (χ3n) is 6.79. The van der Waals surface area contributed by atoms with Gasteiger partial charge in [0, 0.05) is 25.4 Å². The average Bonchev–Trinajstić information content (AvgIpc) is 3.72. The fraction of sp³-hybridized carbons (Fsp3) is 0.462. The number of carbonyl (C=O) groups excluding carboxylic acids is 2. The molecule has 1 aliphatic carbocycles. The minimum Gasteiger partial charge on any atom is -0.486 e. The molecule has 0 saturated heterocycles. The van der Waals surface area contributed by atoms with Crippen LogP contribution in [0, 0.1) is 11.8 Å². The Bertz CT molecular complexity index is 1220. The number of benzene rings is 2. The molecule has 0 aromatic heterocycles. The third-order valence-corrected chi connectivity index (χ3v) is 8.62. The van der Waals surface area contributed by atoms with Gasteiger partial charge >= 0.3 is 0 Å². The van der Waals surface area contributed by atoms with Crippen LogP contribution in [0.5, 0.6) is 5.75 Å². The first-order valence-corrected chi connectivity index (χ1v) is 13.6. The molecule has 0 radical (unpaired) electrons. The highest BCUT2D eigenvalue weighted by Crippen LogP contribution is 2.37. The van der Waals surface area contributed by atoms with E-state index in [9.17, 15) is 23.1 Å². The summed E-state index contributed by atoms with van der Waals surface area (Å²) >= 11 is 0. The molecule has 1 heterocycles. The predicted octanol–water partition coefficient (Wildman–Crippen LogP) is 2.58. The summed E-state index contributed by atoms with van der Waals surface area (Å²) in [6, 6.07) is 12.7. The number of hydrogen-bond donors (Lipinski definition) is 2. The SMILES string of the molecule is C[C@@H]1CN([C@@H](C)CO)C(=O)c2cccc(NC(=O)C3CC3)c2O[C@H]1CN(C)S(=O)(=O)c1ccccc1. The topological polar surface area (TPSA) is 116 Å². The second kappa shape index (κ2) is 10.6. The van der Waals surface area contributed by atoms with Gasteiger partial charge in [0.2, 0.25) is 15.9 Å². The Balaban J connectivity index is 1.71. The van der Waals surface area contributed by atoms with Crippen LogP contribution in [-0.4, -0.2) is 73.4 Å². The standard InChI is InChI=1S/C26H33N3O6S/c1-17-14-29(18(2)16-30)26(32)21-10-7-11-22(27-25(31)19-12-13-19)24(21)35-23(17)15-28(3)36(33,34)20-8-5-4-6-9-20/h4-11,17-19,23,30H,12-16H2,1-3H3,(H,27,31)/t17-,18+,23+/m1/s1. The number of anilines is 1. The van der Waals surface area contributed by atoms with Crippen molar-refractivity contribution in [1.82, 2.24) is 9.21 Å². The van der Waals surface area contributed by atoms with Crippen LogP contribution >= 0.6 is 0 Å². The van der Waals surface area contributed by atoms with Crippen molar-refractivity contribution < 1.29 is 27.9 Å². The highest BCUT2D eigenvalue weighted by molar-refractivity contribution is 7.89. The highest BCUT2D eigenvalue weighted by Gasteiger charge is 2.37. The zero-order valence-electron chi connectivity index (χ0n) is 20.8. The molecule has 0 unspecified atom stereocenters. The lowest BCUT2D eigenvalue weighted by molar-refractivity contribution is -0.117. The van der Waals surface area contributed by atoms with E-state index in [0.29, 0.717) is 5.69 Å². The molecule has 36 heavy (non-hydrogen) atoms. The van der Waals surface area contributed by atoms with Gasteiger partial charge < -0.3 is 20.1 Å². The Labute approximate surface area is 212 Å². The fourth-order valence-corrected chi connectivity index (χ4v) is 5.47. The number of nitrogens with one attached hydrogen (secondary N) is 1. The summed E-state index contributed by atoms with van der Waals surface area (Å²) in [6.45, 7) is 3.71. The molecule has 2 aliphatic rings. The van der Waals surface area contributed by atoms with Crippen molar-refractivity contribution in [1.29, 1.82) is 0 Å². The lowest BCUT2D eigenvalue weighted by atomic mass is 9.99. The van der Waals surface area contributed by atoms with Gasteiger partial charge in [0.1, 0.15) is 6.10 Å². The molecule has 9 nitrogen and oxygen atoms in total. The maximum Gasteiger partial charge on any atom is 0.258 e. The normalized spacial score (nSPS) is 21.2. The molecule has 1 aliphatic heterocycles. The lowest BCUT2D eigenvalue weighted by Crippen LogP contribution is -2.50. The fourth-order valence-electron chi connectivity index (χ4n) is 4.26. The second-order valence-corrected chi connectivity index (χ2v) is 11.7. The molecule has 194 valence electrons. The Hall–Kier alpha value is -2.95. The number of ether oxygens (including phenoxy) is 1. The van der Waals surface area contributed by atoms with Gasteiger partial charge in [0.05, 0.1) is 35.3 Å². The predicted molar refractivity (Wildman–Crippen MR) is 135 cm³/mol. The first-order chi connectivity index (χ1) is 17.1. The number of likely N-dealkylation sites (N-methyl/N-ethyl adjacent to an activating group) is 1. The molecule has 2 aromatic rings. The molecular weight excluding hydrogens is 482 g/mol. The van der Waals surface area contributed by atoms with Crippen LogP contribution in [0.2, 0.25) is 0 Å². The zero-order valence-corrected chi connectivity index (χ0v) is 21.6. The van der Waals surface area contributed by atoms with E-state index in [0.717, 1.165) is 12.8 Å².